The third-order valence-electron chi connectivity index (χ3n) is 2.75. The quantitative estimate of drug-likeness (QED) is 0.763. The van der Waals surface area contributed by atoms with Gasteiger partial charge in [0.25, 0.3) is 0 Å². The molecule has 0 N–H and O–H groups in total. The van der Waals surface area contributed by atoms with Gasteiger partial charge in [-0.2, -0.15) is 5.06 Å². The number of methoxy groups -OCH3 is 1. The fourth-order valence-corrected chi connectivity index (χ4v) is 1.79. The topological polar surface area (TPSA) is 21.7 Å². The van der Waals surface area contributed by atoms with Gasteiger partial charge in [-0.25, -0.2) is 0 Å². The molecule has 0 saturated carbocycles. The van der Waals surface area contributed by atoms with Crippen LogP contribution in [0.4, 0.5) is 0 Å². The molecule has 0 aliphatic carbocycles. The Morgan fingerprint density at radius 2 is 2.06 bits per heavy atom. The van der Waals surface area contributed by atoms with Gasteiger partial charge in [-0.15, -0.1) is 0 Å². The second kappa shape index (κ2) is 4.18. The maximum absolute atomic E-state index is 5.79. The minimum Gasteiger partial charge on any atom is -0.377 e. The molecule has 0 saturated heterocycles. The van der Waals surface area contributed by atoms with Crippen molar-refractivity contribution in [3.8, 4) is 5.75 Å². The van der Waals surface area contributed by atoms with Crippen LogP contribution in [-0.4, -0.2) is 18.4 Å². The summed E-state index contributed by atoms with van der Waals surface area (Å²) in [5.41, 5.74) is 3.41. The summed E-state index contributed by atoms with van der Waals surface area (Å²) in [5, 5.41) is 1.78. The molecule has 1 atom stereocenters. The van der Waals surface area contributed by atoms with Crippen molar-refractivity contribution < 1.29 is 9.57 Å². The highest BCUT2D eigenvalue weighted by molar-refractivity contribution is 5.61. The van der Waals surface area contributed by atoms with Crippen LogP contribution >= 0.6 is 0 Å². The number of benzene rings is 1. The van der Waals surface area contributed by atoms with Gasteiger partial charge in [0.1, 0.15) is 0 Å². The summed E-state index contributed by atoms with van der Waals surface area (Å²) < 4.78 is 5.26. The minimum absolute atomic E-state index is 0.0919. The Hall–Kier alpha value is -1.48. The third-order valence-corrected chi connectivity index (χ3v) is 2.75. The Morgan fingerprint density at radius 1 is 1.31 bits per heavy atom. The van der Waals surface area contributed by atoms with E-state index < -0.39 is 0 Å². The van der Waals surface area contributed by atoms with Gasteiger partial charge in [0.15, 0.2) is 12.0 Å². The lowest BCUT2D eigenvalue weighted by Crippen LogP contribution is -2.37. The fourth-order valence-electron chi connectivity index (χ4n) is 1.79. The molecule has 1 heterocycles. The number of fused-ring (bicyclic) bond motifs is 1. The van der Waals surface area contributed by atoms with Crippen molar-refractivity contribution in [2.24, 2.45) is 0 Å². The van der Waals surface area contributed by atoms with Gasteiger partial charge in [-0.3, -0.25) is 0 Å². The van der Waals surface area contributed by atoms with E-state index in [0.717, 1.165) is 17.0 Å². The first-order valence-corrected chi connectivity index (χ1v) is 5.41. The highest BCUT2D eigenvalue weighted by atomic mass is 16.7. The zero-order valence-electron chi connectivity index (χ0n) is 10.2. The second-order valence-corrected chi connectivity index (χ2v) is 4.08. The molecule has 0 aromatic heterocycles. The summed E-state index contributed by atoms with van der Waals surface area (Å²) in [6.07, 6.45) is 2.02. The molecule has 86 valence electrons. The Bertz CT molecular complexity index is 426. The number of hydrogen-bond donors (Lipinski definition) is 0. The number of ether oxygens (including phenoxy) is 1. The van der Waals surface area contributed by atoms with Crippen molar-refractivity contribution in [1.82, 2.24) is 5.06 Å². The molecule has 2 rings (SSSR count). The summed E-state index contributed by atoms with van der Waals surface area (Å²) in [4.78, 5) is 5.79. The van der Waals surface area contributed by atoms with Crippen LogP contribution in [0.3, 0.4) is 0 Å². The van der Waals surface area contributed by atoms with Crippen LogP contribution in [0.25, 0.3) is 6.08 Å². The molecule has 0 radical (unpaired) electrons. The van der Waals surface area contributed by atoms with E-state index in [0.29, 0.717) is 0 Å². The van der Waals surface area contributed by atoms with Gasteiger partial charge in [-0.1, -0.05) is 11.6 Å². The van der Waals surface area contributed by atoms with E-state index in [1.807, 2.05) is 26.0 Å². The first-order valence-electron chi connectivity index (χ1n) is 5.41. The molecule has 1 aliphatic heterocycles. The molecule has 3 heteroatoms. The molecular weight excluding hydrogens is 202 g/mol. The van der Waals surface area contributed by atoms with Crippen LogP contribution in [0.2, 0.25) is 0 Å². The summed E-state index contributed by atoms with van der Waals surface area (Å²) in [5.74, 6) is 0.875. The van der Waals surface area contributed by atoms with Gasteiger partial charge in [-0.05, 0) is 39.0 Å². The Labute approximate surface area is 96.2 Å². The summed E-state index contributed by atoms with van der Waals surface area (Å²) in [7, 11) is 1.67. The van der Waals surface area contributed by atoms with Crippen LogP contribution in [0.15, 0.2) is 23.9 Å². The molecule has 1 aromatic rings. The van der Waals surface area contributed by atoms with E-state index in [9.17, 15) is 0 Å². The maximum atomic E-state index is 5.79. The Balaban J connectivity index is 2.35. The SMILES string of the molecule is COC(C)N1Oc2ccc(C)cc2C=C1C. The maximum Gasteiger partial charge on any atom is 0.162 e. The van der Waals surface area contributed by atoms with Crippen LogP contribution < -0.4 is 4.84 Å². The van der Waals surface area contributed by atoms with Crippen molar-refractivity contribution in [3.63, 3.8) is 0 Å². The van der Waals surface area contributed by atoms with Crippen molar-refractivity contribution in [3.05, 3.63) is 35.0 Å². The second-order valence-electron chi connectivity index (χ2n) is 4.08. The van der Waals surface area contributed by atoms with Crippen LogP contribution in [-0.2, 0) is 4.74 Å². The van der Waals surface area contributed by atoms with Gasteiger partial charge < -0.3 is 9.57 Å². The third kappa shape index (κ3) is 1.91. The lowest BCUT2D eigenvalue weighted by atomic mass is 10.1. The lowest BCUT2D eigenvalue weighted by molar-refractivity contribution is -0.151. The minimum atomic E-state index is -0.0919. The summed E-state index contributed by atoms with van der Waals surface area (Å²) >= 11 is 0. The van der Waals surface area contributed by atoms with E-state index in [1.54, 1.807) is 12.2 Å². The van der Waals surface area contributed by atoms with E-state index in [-0.39, 0.29) is 6.23 Å². The molecule has 1 aromatic carbocycles. The van der Waals surface area contributed by atoms with Crippen LogP contribution in [0.5, 0.6) is 5.75 Å². The Kier molecular flexibility index (Phi) is 2.88. The van der Waals surface area contributed by atoms with Crippen LogP contribution in [0, 0.1) is 6.92 Å². The first kappa shape index (κ1) is 11.0. The molecule has 0 fully saturated rings. The number of hydroxylamine groups is 2. The predicted octanol–water partition coefficient (Wildman–Crippen LogP) is 2.96. The van der Waals surface area contributed by atoms with Crippen molar-refractivity contribution in [1.29, 1.82) is 0 Å². The first-order chi connectivity index (χ1) is 7.61. The predicted molar refractivity (Wildman–Crippen MR) is 63.8 cm³/mol. The number of aryl methyl sites for hydroxylation is 1. The normalized spacial score (nSPS) is 16.2. The van der Waals surface area contributed by atoms with E-state index >= 15 is 0 Å². The van der Waals surface area contributed by atoms with Crippen molar-refractivity contribution in [2.45, 2.75) is 27.0 Å². The lowest BCUT2D eigenvalue weighted by Gasteiger charge is -2.33. The van der Waals surface area contributed by atoms with Crippen molar-refractivity contribution in [2.75, 3.05) is 7.11 Å². The average Bonchev–Trinajstić information content (AvgIpc) is 2.27. The smallest absolute Gasteiger partial charge is 0.162 e. The highest BCUT2D eigenvalue weighted by Gasteiger charge is 2.21. The molecule has 1 unspecified atom stereocenters. The zero-order chi connectivity index (χ0) is 11.7. The monoisotopic (exact) mass is 219 g/mol. The van der Waals surface area contributed by atoms with Crippen molar-refractivity contribution >= 4 is 6.08 Å². The molecule has 3 nitrogen and oxygen atoms in total. The van der Waals surface area contributed by atoms with Gasteiger partial charge in [0, 0.05) is 12.7 Å². The number of allylic oxidation sites excluding steroid dienone is 1. The van der Waals surface area contributed by atoms with E-state index in [1.165, 1.54) is 5.56 Å². The van der Waals surface area contributed by atoms with Gasteiger partial charge >= 0.3 is 0 Å². The molecule has 16 heavy (non-hydrogen) atoms. The van der Waals surface area contributed by atoms with E-state index in [4.69, 9.17) is 9.57 Å². The van der Waals surface area contributed by atoms with Gasteiger partial charge in [0.05, 0.1) is 5.70 Å². The molecular formula is C13H17NO2. The van der Waals surface area contributed by atoms with Gasteiger partial charge in [0.2, 0.25) is 0 Å². The fraction of sp³-hybridized carbons (Fsp3) is 0.385. The summed E-state index contributed by atoms with van der Waals surface area (Å²) in [6.45, 7) is 6.05. The number of rotatable bonds is 2. The summed E-state index contributed by atoms with van der Waals surface area (Å²) in [6, 6.07) is 6.15. The standard InChI is InChI=1S/C13H17NO2/c1-9-5-6-13-12(7-9)8-10(2)14(16-13)11(3)15-4/h5-8,11H,1-4H3. The number of nitrogens with zero attached hydrogens (tertiary/aromatic N) is 1. The van der Waals surface area contributed by atoms with E-state index in [2.05, 4.69) is 19.1 Å². The number of hydrogen-bond acceptors (Lipinski definition) is 3. The molecule has 0 amide bonds. The molecule has 1 aliphatic rings. The molecule has 0 bridgehead atoms. The van der Waals surface area contributed by atoms with Crippen LogP contribution in [0.1, 0.15) is 25.0 Å². The molecule has 0 spiro atoms. The zero-order valence-corrected chi connectivity index (χ0v) is 10.2. The Morgan fingerprint density at radius 3 is 2.75 bits per heavy atom. The average molecular weight is 219 g/mol. The largest absolute Gasteiger partial charge is 0.377 e. The highest BCUT2D eigenvalue weighted by Crippen LogP contribution is 2.30.